The molecule has 0 radical (unpaired) electrons. The zero-order valence-corrected chi connectivity index (χ0v) is 12.3. The van der Waals surface area contributed by atoms with E-state index in [4.69, 9.17) is 4.74 Å². The van der Waals surface area contributed by atoms with Crippen molar-refractivity contribution in [2.75, 3.05) is 0 Å². The number of nitrogens with zero attached hydrogens (tertiary/aromatic N) is 1. The summed E-state index contributed by atoms with van der Waals surface area (Å²) in [6, 6.07) is 10.3. The lowest BCUT2D eigenvalue weighted by Gasteiger charge is -2.29. The van der Waals surface area contributed by atoms with Crippen LogP contribution in [0.2, 0.25) is 0 Å². The van der Waals surface area contributed by atoms with Gasteiger partial charge in [0.25, 0.3) is 0 Å². The Kier molecular flexibility index (Phi) is 3.08. The Hall–Kier alpha value is -1.77. The molecule has 0 bridgehead atoms. The van der Waals surface area contributed by atoms with Crippen molar-refractivity contribution in [2.45, 2.75) is 51.7 Å². The predicted octanol–water partition coefficient (Wildman–Crippen LogP) is 3.86. The molecule has 0 spiro atoms. The molecule has 0 saturated carbocycles. The van der Waals surface area contributed by atoms with Crippen LogP contribution in [0.4, 0.5) is 0 Å². The summed E-state index contributed by atoms with van der Waals surface area (Å²) in [6.45, 7) is 5.76. The first-order valence-corrected chi connectivity index (χ1v) is 7.27. The Morgan fingerprint density at radius 2 is 2.05 bits per heavy atom. The lowest BCUT2D eigenvalue weighted by molar-refractivity contribution is -0.159. The molecule has 0 fully saturated rings. The third-order valence-corrected chi connectivity index (χ3v) is 3.73. The molecule has 1 aliphatic heterocycles. The van der Waals surface area contributed by atoms with E-state index in [0.29, 0.717) is 0 Å². The molecule has 0 saturated heterocycles. The fraction of sp³-hybridized carbons (Fsp3) is 0.471. The van der Waals surface area contributed by atoms with Crippen molar-refractivity contribution >= 4 is 16.9 Å². The SMILES string of the molecule is CC(C)(C)OC(=O)C1CCCc2cc3ccccc3n21. The largest absolute Gasteiger partial charge is 0.458 e. The van der Waals surface area contributed by atoms with Gasteiger partial charge in [-0.1, -0.05) is 18.2 Å². The van der Waals surface area contributed by atoms with Crippen LogP contribution >= 0.6 is 0 Å². The fourth-order valence-electron chi connectivity index (χ4n) is 2.99. The Labute approximate surface area is 119 Å². The monoisotopic (exact) mass is 271 g/mol. The van der Waals surface area contributed by atoms with Crippen molar-refractivity contribution < 1.29 is 9.53 Å². The average molecular weight is 271 g/mol. The molecule has 1 unspecified atom stereocenters. The van der Waals surface area contributed by atoms with Crippen LogP contribution in [0.1, 0.15) is 45.3 Å². The maximum absolute atomic E-state index is 12.5. The molecular formula is C17H21NO2. The summed E-state index contributed by atoms with van der Waals surface area (Å²) in [7, 11) is 0. The maximum Gasteiger partial charge on any atom is 0.329 e. The van der Waals surface area contributed by atoms with Gasteiger partial charge in [0.2, 0.25) is 0 Å². The highest BCUT2D eigenvalue weighted by atomic mass is 16.6. The number of esters is 1. The van der Waals surface area contributed by atoms with E-state index in [2.05, 4.69) is 22.8 Å². The van der Waals surface area contributed by atoms with Gasteiger partial charge in [-0.25, -0.2) is 4.79 Å². The topological polar surface area (TPSA) is 31.2 Å². The van der Waals surface area contributed by atoms with Gasteiger partial charge >= 0.3 is 5.97 Å². The van der Waals surface area contributed by atoms with Gasteiger partial charge in [-0.05, 0) is 57.6 Å². The summed E-state index contributed by atoms with van der Waals surface area (Å²) < 4.78 is 7.77. The van der Waals surface area contributed by atoms with E-state index in [1.807, 2.05) is 32.9 Å². The van der Waals surface area contributed by atoms with E-state index in [0.717, 1.165) is 24.8 Å². The van der Waals surface area contributed by atoms with Crippen LogP contribution in [0.15, 0.2) is 30.3 Å². The number of para-hydroxylation sites is 1. The number of benzene rings is 1. The van der Waals surface area contributed by atoms with Crippen LogP contribution in [0.25, 0.3) is 10.9 Å². The summed E-state index contributed by atoms with van der Waals surface area (Å²) in [4.78, 5) is 12.5. The molecule has 0 aliphatic carbocycles. The number of hydrogen-bond acceptors (Lipinski definition) is 2. The van der Waals surface area contributed by atoms with Crippen molar-refractivity contribution in [3.8, 4) is 0 Å². The Morgan fingerprint density at radius 1 is 1.30 bits per heavy atom. The Bertz CT molecular complexity index is 649. The minimum Gasteiger partial charge on any atom is -0.458 e. The molecule has 1 aromatic carbocycles. The zero-order valence-electron chi connectivity index (χ0n) is 12.3. The Balaban J connectivity index is 2.03. The third-order valence-electron chi connectivity index (χ3n) is 3.73. The minimum absolute atomic E-state index is 0.111. The zero-order chi connectivity index (χ0) is 14.3. The minimum atomic E-state index is -0.433. The standard InChI is InChI=1S/C17H21NO2/c1-17(2,3)20-16(19)15-10-6-8-13-11-12-7-4-5-9-14(12)18(13)15/h4-5,7,9,11,15H,6,8,10H2,1-3H3. The lowest BCUT2D eigenvalue weighted by atomic mass is 10.0. The maximum atomic E-state index is 12.5. The number of carbonyl (C=O) groups is 1. The van der Waals surface area contributed by atoms with Crippen LogP contribution in [0.3, 0.4) is 0 Å². The molecular weight excluding hydrogens is 250 g/mol. The first-order chi connectivity index (χ1) is 9.46. The first kappa shape index (κ1) is 13.2. The quantitative estimate of drug-likeness (QED) is 0.737. The molecule has 2 heterocycles. The van der Waals surface area contributed by atoms with Gasteiger partial charge in [0.05, 0.1) is 0 Å². The van der Waals surface area contributed by atoms with Crippen molar-refractivity contribution in [2.24, 2.45) is 0 Å². The van der Waals surface area contributed by atoms with Crippen molar-refractivity contribution in [3.05, 3.63) is 36.0 Å². The summed E-state index contributed by atoms with van der Waals surface area (Å²) >= 11 is 0. The molecule has 3 heteroatoms. The van der Waals surface area contributed by atoms with Gasteiger partial charge in [-0.2, -0.15) is 0 Å². The Morgan fingerprint density at radius 3 is 2.80 bits per heavy atom. The van der Waals surface area contributed by atoms with Crippen molar-refractivity contribution in [1.29, 1.82) is 0 Å². The molecule has 0 N–H and O–H groups in total. The smallest absolute Gasteiger partial charge is 0.329 e. The highest BCUT2D eigenvalue weighted by Crippen LogP contribution is 2.33. The molecule has 3 rings (SSSR count). The third kappa shape index (κ3) is 2.33. The lowest BCUT2D eigenvalue weighted by Crippen LogP contribution is -2.32. The van der Waals surface area contributed by atoms with Crippen LogP contribution in [-0.4, -0.2) is 16.1 Å². The summed E-state index contributed by atoms with van der Waals surface area (Å²) in [5, 5.41) is 1.21. The summed E-state index contributed by atoms with van der Waals surface area (Å²) in [5.74, 6) is -0.111. The van der Waals surface area contributed by atoms with Gasteiger partial charge < -0.3 is 9.30 Å². The van der Waals surface area contributed by atoms with Crippen molar-refractivity contribution in [1.82, 2.24) is 4.57 Å². The second-order valence-corrected chi connectivity index (χ2v) is 6.51. The van der Waals surface area contributed by atoms with E-state index in [1.165, 1.54) is 11.1 Å². The van der Waals surface area contributed by atoms with E-state index < -0.39 is 5.60 Å². The van der Waals surface area contributed by atoms with Crippen LogP contribution in [0.5, 0.6) is 0 Å². The van der Waals surface area contributed by atoms with Gasteiger partial charge in [0, 0.05) is 11.2 Å². The average Bonchev–Trinajstić information content (AvgIpc) is 2.74. The van der Waals surface area contributed by atoms with Gasteiger partial charge in [-0.3, -0.25) is 0 Å². The number of hydrogen-bond donors (Lipinski definition) is 0. The van der Waals surface area contributed by atoms with Crippen LogP contribution < -0.4 is 0 Å². The number of rotatable bonds is 1. The first-order valence-electron chi connectivity index (χ1n) is 7.27. The molecule has 3 nitrogen and oxygen atoms in total. The summed E-state index contributed by atoms with van der Waals surface area (Å²) in [6.07, 6.45) is 2.94. The molecule has 1 atom stereocenters. The number of ether oxygens (including phenoxy) is 1. The number of fused-ring (bicyclic) bond motifs is 3. The molecule has 0 amide bonds. The fourth-order valence-corrected chi connectivity index (χ4v) is 2.99. The van der Waals surface area contributed by atoms with E-state index in [-0.39, 0.29) is 12.0 Å². The second-order valence-electron chi connectivity index (χ2n) is 6.51. The van der Waals surface area contributed by atoms with Gasteiger partial charge in [-0.15, -0.1) is 0 Å². The highest BCUT2D eigenvalue weighted by molar-refractivity contribution is 5.85. The van der Waals surface area contributed by atoms with E-state index >= 15 is 0 Å². The molecule has 1 aromatic heterocycles. The van der Waals surface area contributed by atoms with E-state index in [9.17, 15) is 4.79 Å². The number of aromatic nitrogens is 1. The highest BCUT2D eigenvalue weighted by Gasteiger charge is 2.31. The molecule has 2 aromatic rings. The van der Waals surface area contributed by atoms with Crippen LogP contribution in [0, 0.1) is 0 Å². The summed E-state index contributed by atoms with van der Waals surface area (Å²) in [5.41, 5.74) is 1.95. The number of aryl methyl sites for hydroxylation is 1. The number of carbonyl (C=O) groups excluding carboxylic acids is 1. The second kappa shape index (κ2) is 4.65. The predicted molar refractivity (Wildman–Crippen MR) is 79.8 cm³/mol. The van der Waals surface area contributed by atoms with E-state index in [1.54, 1.807) is 0 Å². The normalized spacial score (nSPS) is 18.9. The molecule has 20 heavy (non-hydrogen) atoms. The molecule has 1 aliphatic rings. The van der Waals surface area contributed by atoms with Crippen molar-refractivity contribution in [3.63, 3.8) is 0 Å². The molecule has 106 valence electrons. The van der Waals surface area contributed by atoms with Gasteiger partial charge in [0.1, 0.15) is 11.6 Å². The van der Waals surface area contributed by atoms with Crippen LogP contribution in [-0.2, 0) is 16.0 Å². The van der Waals surface area contributed by atoms with Gasteiger partial charge in [0.15, 0.2) is 0 Å².